The molecule has 0 bridgehead atoms. The molecule has 33 heavy (non-hydrogen) atoms. The molecule has 3 unspecified atom stereocenters. The third-order valence-electron chi connectivity index (χ3n) is 6.32. The van der Waals surface area contributed by atoms with Crippen LogP contribution in [0, 0.1) is 17.8 Å². The van der Waals surface area contributed by atoms with Crippen molar-refractivity contribution in [3.05, 3.63) is 0 Å². The first-order chi connectivity index (χ1) is 15.8. The average molecular weight is 471 g/mol. The van der Waals surface area contributed by atoms with E-state index >= 15 is 0 Å². The predicted octanol–water partition coefficient (Wildman–Crippen LogP) is 5.76. The van der Waals surface area contributed by atoms with Crippen LogP contribution in [-0.4, -0.2) is 23.9 Å². The van der Waals surface area contributed by atoms with Crippen molar-refractivity contribution in [1.29, 1.82) is 0 Å². The Morgan fingerprint density at radius 3 is 2.00 bits per heavy atom. The first kappa shape index (κ1) is 28.9. The maximum atomic E-state index is 12.6. The summed E-state index contributed by atoms with van der Waals surface area (Å²) in [7, 11) is 0. The van der Waals surface area contributed by atoms with E-state index in [2.05, 4.69) is 21.6 Å². The lowest BCUT2D eigenvalue weighted by Crippen LogP contribution is -2.33. The highest BCUT2D eigenvalue weighted by atomic mass is 17.2. The summed E-state index contributed by atoms with van der Waals surface area (Å²) in [6, 6.07) is 0. The quantitative estimate of drug-likeness (QED) is 0.179. The summed E-state index contributed by atoms with van der Waals surface area (Å²) in [6.07, 6.45) is 14.7. The fraction of sp³-hybridized carbons (Fsp3) is 0.840. The molecule has 0 heterocycles. The molecule has 0 amide bonds. The second-order valence-electron chi connectivity index (χ2n) is 9.21. The average Bonchev–Trinajstić information content (AvgIpc) is 2.78. The van der Waals surface area contributed by atoms with Crippen LogP contribution in [0.25, 0.3) is 0 Å². The predicted molar refractivity (Wildman–Crippen MR) is 121 cm³/mol. The molecular weight excluding hydrogens is 428 g/mol. The van der Waals surface area contributed by atoms with Gasteiger partial charge < -0.3 is 0 Å². The molecule has 0 aromatic heterocycles. The highest BCUT2D eigenvalue weighted by Crippen LogP contribution is 2.39. The highest BCUT2D eigenvalue weighted by Gasteiger charge is 2.36. The standard InChI is InChI=1S/C25H42O8/c1-4-5-6-10-13-21-16-17-22(23(18-21)25(29)33-31-20(3)27)14-11-8-7-9-12-15-24(28)32-30-19(2)26/h21-23H,4-18H2,1-3H3. The minimum atomic E-state index is -0.649. The van der Waals surface area contributed by atoms with Gasteiger partial charge >= 0.3 is 23.9 Å². The summed E-state index contributed by atoms with van der Waals surface area (Å²) in [6.45, 7) is 4.60. The summed E-state index contributed by atoms with van der Waals surface area (Å²) >= 11 is 0. The normalized spacial score (nSPS) is 20.0. The van der Waals surface area contributed by atoms with Gasteiger partial charge in [0.1, 0.15) is 0 Å². The maximum absolute atomic E-state index is 12.6. The van der Waals surface area contributed by atoms with E-state index in [1.54, 1.807) is 0 Å². The number of rotatable bonds is 14. The Balaban J connectivity index is 2.35. The van der Waals surface area contributed by atoms with Crippen molar-refractivity contribution in [3.8, 4) is 0 Å². The minimum Gasteiger partial charge on any atom is -0.248 e. The van der Waals surface area contributed by atoms with E-state index in [0.29, 0.717) is 12.3 Å². The summed E-state index contributed by atoms with van der Waals surface area (Å²) in [5.74, 6) is -1.67. The maximum Gasteiger partial charge on any atom is 0.358 e. The fourth-order valence-electron chi connectivity index (χ4n) is 4.59. The molecule has 8 nitrogen and oxygen atoms in total. The zero-order valence-electron chi connectivity index (χ0n) is 20.6. The lowest BCUT2D eigenvalue weighted by molar-refractivity contribution is -0.262. The van der Waals surface area contributed by atoms with Gasteiger partial charge in [0, 0.05) is 13.8 Å². The molecule has 0 N–H and O–H groups in total. The first-order valence-electron chi connectivity index (χ1n) is 12.6. The van der Waals surface area contributed by atoms with Gasteiger partial charge in [0.2, 0.25) is 0 Å². The van der Waals surface area contributed by atoms with Gasteiger partial charge in [0.05, 0.1) is 12.3 Å². The summed E-state index contributed by atoms with van der Waals surface area (Å²) < 4.78 is 0. The van der Waals surface area contributed by atoms with Crippen molar-refractivity contribution in [1.82, 2.24) is 0 Å². The lowest BCUT2D eigenvalue weighted by atomic mass is 9.71. The Hall–Kier alpha value is -2.12. The summed E-state index contributed by atoms with van der Waals surface area (Å²) in [5.41, 5.74) is 0. The van der Waals surface area contributed by atoms with Crippen LogP contribution < -0.4 is 0 Å². The van der Waals surface area contributed by atoms with E-state index in [0.717, 1.165) is 57.8 Å². The molecule has 0 spiro atoms. The van der Waals surface area contributed by atoms with Crippen LogP contribution in [0.4, 0.5) is 0 Å². The summed E-state index contributed by atoms with van der Waals surface area (Å²) in [4.78, 5) is 63.5. The van der Waals surface area contributed by atoms with Crippen LogP contribution in [0.1, 0.15) is 117 Å². The SMILES string of the molecule is CCCCCCC1CCC(CCCCCCCC(=O)OOC(C)=O)C(C(=O)OOC(C)=O)C1. The molecule has 0 saturated heterocycles. The van der Waals surface area contributed by atoms with E-state index < -0.39 is 23.9 Å². The molecule has 0 aromatic carbocycles. The van der Waals surface area contributed by atoms with E-state index in [4.69, 9.17) is 4.89 Å². The lowest BCUT2D eigenvalue weighted by Gasteiger charge is -2.34. The Bertz CT molecular complexity index is 603. The molecule has 0 aliphatic heterocycles. The van der Waals surface area contributed by atoms with Gasteiger partial charge in [0.25, 0.3) is 0 Å². The van der Waals surface area contributed by atoms with Gasteiger partial charge in [-0.05, 0) is 37.5 Å². The largest absolute Gasteiger partial charge is 0.358 e. The van der Waals surface area contributed by atoms with E-state index in [1.807, 2.05) is 0 Å². The molecule has 190 valence electrons. The monoisotopic (exact) mass is 470 g/mol. The van der Waals surface area contributed by atoms with Gasteiger partial charge in [-0.3, -0.25) is 0 Å². The van der Waals surface area contributed by atoms with E-state index in [9.17, 15) is 19.2 Å². The van der Waals surface area contributed by atoms with E-state index in [-0.39, 0.29) is 18.3 Å². The molecule has 1 aliphatic carbocycles. The van der Waals surface area contributed by atoms with Crippen LogP contribution in [0.15, 0.2) is 0 Å². The summed E-state index contributed by atoms with van der Waals surface area (Å²) in [5, 5.41) is 0. The smallest absolute Gasteiger partial charge is 0.248 e. The number of carbonyl (C=O) groups excluding carboxylic acids is 4. The first-order valence-corrected chi connectivity index (χ1v) is 12.6. The molecular formula is C25H42O8. The number of hydrogen-bond acceptors (Lipinski definition) is 8. The van der Waals surface area contributed by atoms with Crippen molar-refractivity contribution >= 4 is 23.9 Å². The second-order valence-corrected chi connectivity index (χ2v) is 9.21. The molecule has 0 radical (unpaired) electrons. The number of unbranched alkanes of at least 4 members (excludes halogenated alkanes) is 7. The van der Waals surface area contributed by atoms with Gasteiger partial charge in [-0.1, -0.05) is 71.1 Å². The number of carbonyl (C=O) groups is 4. The molecule has 1 rings (SSSR count). The molecule has 3 atom stereocenters. The third kappa shape index (κ3) is 13.9. The van der Waals surface area contributed by atoms with Crippen LogP contribution in [0.2, 0.25) is 0 Å². The zero-order chi connectivity index (χ0) is 24.5. The molecule has 1 aliphatic rings. The molecule has 8 heteroatoms. The van der Waals surface area contributed by atoms with Crippen molar-refractivity contribution in [2.75, 3.05) is 0 Å². The van der Waals surface area contributed by atoms with E-state index in [1.165, 1.54) is 39.5 Å². The van der Waals surface area contributed by atoms with Crippen molar-refractivity contribution < 1.29 is 38.7 Å². The van der Waals surface area contributed by atoms with Gasteiger partial charge in [-0.15, -0.1) is 0 Å². The Labute approximate surface area is 197 Å². The highest BCUT2D eigenvalue weighted by molar-refractivity contribution is 5.74. The van der Waals surface area contributed by atoms with Crippen LogP contribution >= 0.6 is 0 Å². The topological polar surface area (TPSA) is 105 Å². The molecule has 1 fully saturated rings. The van der Waals surface area contributed by atoms with Crippen LogP contribution in [0.5, 0.6) is 0 Å². The second kappa shape index (κ2) is 17.4. The fourth-order valence-corrected chi connectivity index (χ4v) is 4.59. The van der Waals surface area contributed by atoms with Crippen LogP contribution in [-0.2, 0) is 38.7 Å². The Kier molecular flexibility index (Phi) is 15.2. The zero-order valence-corrected chi connectivity index (χ0v) is 20.6. The Morgan fingerprint density at radius 2 is 1.30 bits per heavy atom. The van der Waals surface area contributed by atoms with Gasteiger partial charge in [-0.2, -0.15) is 0 Å². The van der Waals surface area contributed by atoms with Crippen molar-refractivity contribution in [3.63, 3.8) is 0 Å². The van der Waals surface area contributed by atoms with Gasteiger partial charge in [-0.25, -0.2) is 38.7 Å². The minimum absolute atomic E-state index is 0.217. The van der Waals surface area contributed by atoms with Crippen LogP contribution in [0.3, 0.4) is 0 Å². The third-order valence-corrected chi connectivity index (χ3v) is 6.32. The Morgan fingerprint density at radius 1 is 0.697 bits per heavy atom. The van der Waals surface area contributed by atoms with Crippen molar-refractivity contribution in [2.24, 2.45) is 17.8 Å². The van der Waals surface area contributed by atoms with Crippen molar-refractivity contribution in [2.45, 2.75) is 117 Å². The molecule has 1 saturated carbocycles. The molecule has 0 aromatic rings. The number of hydrogen-bond donors (Lipinski definition) is 0. The van der Waals surface area contributed by atoms with Gasteiger partial charge in [0.15, 0.2) is 0 Å².